The number of hydrogen-bond donors (Lipinski definition) is 0. The van der Waals surface area contributed by atoms with E-state index in [1.165, 1.54) is 24.6 Å². The van der Waals surface area contributed by atoms with Crippen LogP contribution in [-0.2, 0) is 23.1 Å². The summed E-state index contributed by atoms with van der Waals surface area (Å²) in [6.07, 6.45) is 6.44. The third-order valence-corrected chi connectivity index (χ3v) is 5.70. The molecule has 10 heteroatoms. The Morgan fingerprint density at radius 3 is 2.61 bits per heavy atom. The highest BCUT2D eigenvalue weighted by molar-refractivity contribution is 7.99. The van der Waals surface area contributed by atoms with E-state index in [4.69, 9.17) is 9.47 Å². The summed E-state index contributed by atoms with van der Waals surface area (Å²) in [5.41, 5.74) is 0.763. The molecule has 1 fully saturated rings. The van der Waals surface area contributed by atoms with Crippen LogP contribution in [0.15, 0.2) is 11.4 Å². The first-order valence-electron chi connectivity index (χ1n) is 9.54. The number of thioether (sulfide) groups is 1. The molecule has 1 aliphatic rings. The number of aromatic nitrogens is 5. The fraction of sp³-hybridized carbons (Fsp3) is 0.667. The van der Waals surface area contributed by atoms with Crippen LogP contribution in [0.2, 0.25) is 0 Å². The number of ether oxygens (including phenoxy) is 2. The lowest BCUT2D eigenvalue weighted by Gasteiger charge is -2.19. The lowest BCUT2D eigenvalue weighted by atomic mass is 10.2. The standard InChI is InChI=1S/C18H28N6O3S/c1-22-12-14(17(21-22)27-3)16-19-20-18(24(16)10-11-26-2)28-13-15(25)23-8-6-4-5-7-9-23/h12H,4-11,13H2,1-3H3. The zero-order valence-electron chi connectivity index (χ0n) is 16.8. The molecule has 0 unspecified atom stereocenters. The molecule has 0 aliphatic carbocycles. The van der Waals surface area contributed by atoms with Crippen molar-refractivity contribution in [2.45, 2.75) is 37.4 Å². The van der Waals surface area contributed by atoms with E-state index in [1.54, 1.807) is 18.9 Å². The molecule has 1 aliphatic heterocycles. The van der Waals surface area contributed by atoms with Crippen molar-refractivity contribution >= 4 is 17.7 Å². The van der Waals surface area contributed by atoms with Crippen LogP contribution in [0, 0.1) is 0 Å². The fourth-order valence-electron chi connectivity index (χ4n) is 3.29. The molecule has 0 spiro atoms. The average Bonchev–Trinajstić information content (AvgIpc) is 3.15. The van der Waals surface area contributed by atoms with Crippen LogP contribution in [0.25, 0.3) is 11.4 Å². The number of amides is 1. The van der Waals surface area contributed by atoms with Crippen molar-refractivity contribution in [3.05, 3.63) is 6.20 Å². The lowest BCUT2D eigenvalue weighted by Crippen LogP contribution is -2.33. The van der Waals surface area contributed by atoms with E-state index in [1.807, 2.05) is 22.7 Å². The molecule has 2 aromatic heterocycles. The number of methoxy groups -OCH3 is 2. The van der Waals surface area contributed by atoms with Gasteiger partial charge in [0.15, 0.2) is 11.0 Å². The van der Waals surface area contributed by atoms with Gasteiger partial charge in [-0.25, -0.2) is 0 Å². The Balaban J connectivity index is 1.77. The molecule has 9 nitrogen and oxygen atoms in total. The van der Waals surface area contributed by atoms with E-state index in [0.29, 0.717) is 35.8 Å². The van der Waals surface area contributed by atoms with Crippen LogP contribution in [0.5, 0.6) is 5.88 Å². The molecule has 1 saturated heterocycles. The Bertz CT molecular complexity index is 782. The molecule has 154 valence electrons. The number of rotatable bonds is 8. The lowest BCUT2D eigenvalue weighted by molar-refractivity contribution is -0.128. The molecule has 28 heavy (non-hydrogen) atoms. The molecule has 0 aromatic carbocycles. The first-order valence-corrected chi connectivity index (χ1v) is 10.5. The Hall–Kier alpha value is -2.07. The van der Waals surface area contributed by atoms with Crippen LogP contribution >= 0.6 is 11.8 Å². The van der Waals surface area contributed by atoms with Gasteiger partial charge in [0.25, 0.3) is 0 Å². The van der Waals surface area contributed by atoms with Gasteiger partial charge in [-0.05, 0) is 12.8 Å². The van der Waals surface area contributed by atoms with Gasteiger partial charge in [0.2, 0.25) is 11.8 Å². The molecule has 1 amide bonds. The second-order valence-corrected chi connectivity index (χ2v) is 7.70. The van der Waals surface area contributed by atoms with Gasteiger partial charge in [0.1, 0.15) is 5.56 Å². The molecule has 0 N–H and O–H groups in total. The fourth-order valence-corrected chi connectivity index (χ4v) is 4.16. The van der Waals surface area contributed by atoms with Crippen LogP contribution in [-0.4, -0.2) is 75.0 Å². The van der Waals surface area contributed by atoms with E-state index in [0.717, 1.165) is 31.5 Å². The van der Waals surface area contributed by atoms with E-state index in [-0.39, 0.29) is 5.91 Å². The van der Waals surface area contributed by atoms with Crippen molar-refractivity contribution in [3.63, 3.8) is 0 Å². The Labute approximate surface area is 169 Å². The van der Waals surface area contributed by atoms with Crippen molar-refractivity contribution in [2.24, 2.45) is 7.05 Å². The van der Waals surface area contributed by atoms with Gasteiger partial charge in [-0.15, -0.1) is 15.3 Å². The summed E-state index contributed by atoms with van der Waals surface area (Å²) in [6.45, 7) is 2.81. The summed E-state index contributed by atoms with van der Waals surface area (Å²) < 4.78 is 14.3. The molecule has 0 atom stereocenters. The molecular weight excluding hydrogens is 380 g/mol. The van der Waals surface area contributed by atoms with Crippen molar-refractivity contribution in [1.82, 2.24) is 29.4 Å². The highest BCUT2D eigenvalue weighted by Gasteiger charge is 2.22. The number of carbonyl (C=O) groups is 1. The predicted molar refractivity (Wildman–Crippen MR) is 106 cm³/mol. The predicted octanol–water partition coefficient (Wildman–Crippen LogP) is 1.83. The van der Waals surface area contributed by atoms with Gasteiger partial charge in [0, 0.05) is 33.4 Å². The smallest absolute Gasteiger partial charge is 0.243 e. The van der Waals surface area contributed by atoms with E-state index < -0.39 is 0 Å². The van der Waals surface area contributed by atoms with Gasteiger partial charge in [0.05, 0.1) is 26.0 Å². The van der Waals surface area contributed by atoms with Crippen molar-refractivity contribution < 1.29 is 14.3 Å². The highest BCUT2D eigenvalue weighted by atomic mass is 32.2. The Morgan fingerprint density at radius 1 is 1.18 bits per heavy atom. The zero-order chi connectivity index (χ0) is 19.9. The SMILES string of the molecule is COCCn1c(SCC(=O)N2CCCCCC2)nnc1-c1cn(C)nc1OC. The summed E-state index contributed by atoms with van der Waals surface area (Å²) in [5, 5.41) is 13.7. The van der Waals surface area contributed by atoms with Crippen LogP contribution < -0.4 is 4.74 Å². The highest BCUT2D eigenvalue weighted by Crippen LogP contribution is 2.30. The second kappa shape index (κ2) is 9.92. The summed E-state index contributed by atoms with van der Waals surface area (Å²) in [5.74, 6) is 1.67. The van der Waals surface area contributed by atoms with Crippen LogP contribution in [0.1, 0.15) is 25.7 Å². The minimum Gasteiger partial charge on any atom is -0.479 e. The van der Waals surface area contributed by atoms with Crippen LogP contribution in [0.4, 0.5) is 0 Å². The van der Waals surface area contributed by atoms with E-state index in [2.05, 4.69) is 15.3 Å². The average molecular weight is 409 g/mol. The quantitative estimate of drug-likeness (QED) is 0.616. The normalized spacial score (nSPS) is 14.9. The van der Waals surface area contributed by atoms with Gasteiger partial charge in [-0.2, -0.15) is 0 Å². The van der Waals surface area contributed by atoms with Gasteiger partial charge < -0.3 is 14.4 Å². The van der Waals surface area contributed by atoms with E-state index in [9.17, 15) is 4.79 Å². The number of hydrogen-bond acceptors (Lipinski definition) is 7. The second-order valence-electron chi connectivity index (χ2n) is 6.76. The summed E-state index contributed by atoms with van der Waals surface area (Å²) >= 11 is 1.42. The first-order chi connectivity index (χ1) is 13.6. The molecule has 0 saturated carbocycles. The largest absolute Gasteiger partial charge is 0.479 e. The molecule has 3 heterocycles. The maximum Gasteiger partial charge on any atom is 0.243 e. The third kappa shape index (κ3) is 4.85. The zero-order valence-corrected chi connectivity index (χ0v) is 17.6. The monoisotopic (exact) mass is 408 g/mol. The maximum atomic E-state index is 12.6. The van der Waals surface area contributed by atoms with Crippen LogP contribution in [0.3, 0.4) is 0 Å². The van der Waals surface area contributed by atoms with Gasteiger partial charge in [-0.3, -0.25) is 14.0 Å². The molecule has 0 radical (unpaired) electrons. The number of likely N-dealkylation sites (tertiary alicyclic amines) is 1. The topological polar surface area (TPSA) is 87.3 Å². The molecular formula is C18H28N6O3S. The van der Waals surface area contributed by atoms with Crippen molar-refractivity contribution in [3.8, 4) is 17.3 Å². The summed E-state index contributed by atoms with van der Waals surface area (Å²) in [4.78, 5) is 14.6. The molecule has 0 bridgehead atoms. The number of carbonyl (C=O) groups excluding carboxylic acids is 1. The van der Waals surface area contributed by atoms with Crippen molar-refractivity contribution in [1.29, 1.82) is 0 Å². The van der Waals surface area contributed by atoms with Gasteiger partial charge >= 0.3 is 0 Å². The Kier molecular flexibility index (Phi) is 7.32. The van der Waals surface area contributed by atoms with Crippen molar-refractivity contribution in [2.75, 3.05) is 39.7 Å². The Morgan fingerprint density at radius 2 is 1.93 bits per heavy atom. The summed E-state index contributed by atoms with van der Waals surface area (Å²) in [7, 11) is 5.07. The molecule has 3 rings (SSSR count). The molecule has 2 aromatic rings. The third-order valence-electron chi connectivity index (χ3n) is 4.75. The van der Waals surface area contributed by atoms with E-state index >= 15 is 0 Å². The number of nitrogens with zero attached hydrogens (tertiary/aromatic N) is 6. The minimum absolute atomic E-state index is 0.161. The maximum absolute atomic E-state index is 12.6. The minimum atomic E-state index is 0.161. The number of aryl methyl sites for hydroxylation is 1. The first kappa shape index (κ1) is 20.7. The summed E-state index contributed by atoms with van der Waals surface area (Å²) in [6, 6.07) is 0. The van der Waals surface area contributed by atoms with Gasteiger partial charge in [-0.1, -0.05) is 24.6 Å².